The lowest BCUT2D eigenvalue weighted by Gasteiger charge is -2.24. The summed E-state index contributed by atoms with van der Waals surface area (Å²) in [7, 11) is 0. The molecule has 1 aliphatic heterocycles. The molecule has 2 aromatic heterocycles. The molecule has 1 saturated heterocycles. The quantitative estimate of drug-likeness (QED) is 0.300. The molecule has 2 aromatic carbocycles. The number of nitrogens with one attached hydrogen (secondary N) is 1. The number of fused-ring (bicyclic) bond motifs is 1. The Bertz CT molecular complexity index is 1280. The maximum atomic E-state index is 13.1. The summed E-state index contributed by atoms with van der Waals surface area (Å²) in [6, 6.07) is 13.4. The van der Waals surface area contributed by atoms with Crippen LogP contribution in [0.25, 0.3) is 27.8 Å². The number of aryl methyl sites for hydroxylation is 1. The summed E-state index contributed by atoms with van der Waals surface area (Å²) in [4.78, 5) is 9.06. The predicted octanol–water partition coefficient (Wildman–Crippen LogP) is 8.06. The van der Waals surface area contributed by atoms with Crippen LogP contribution in [0, 0.1) is 6.92 Å². The molecular weight excluding hydrogens is 477 g/mol. The molecule has 1 aliphatic rings. The Morgan fingerprint density at radius 2 is 1.62 bits per heavy atom. The van der Waals surface area contributed by atoms with Crippen molar-refractivity contribution >= 4 is 16.9 Å². The van der Waals surface area contributed by atoms with Gasteiger partial charge in [-0.1, -0.05) is 52.0 Å². The average molecular weight is 513 g/mol. The Labute approximate surface area is 216 Å². The summed E-state index contributed by atoms with van der Waals surface area (Å²) in [5.74, 6) is 0.674. The summed E-state index contributed by atoms with van der Waals surface area (Å²) < 4.78 is 46.8. The Morgan fingerprint density at radius 3 is 2.24 bits per heavy atom. The second-order valence-electron chi connectivity index (χ2n) is 8.28. The molecule has 0 bridgehead atoms. The van der Waals surface area contributed by atoms with Crippen LogP contribution in [-0.2, 0) is 10.9 Å². The zero-order valence-corrected chi connectivity index (χ0v) is 22.1. The first-order chi connectivity index (χ1) is 17.9. The van der Waals surface area contributed by atoms with Crippen molar-refractivity contribution in [2.75, 3.05) is 18.5 Å². The van der Waals surface area contributed by atoms with Crippen molar-refractivity contribution in [1.82, 2.24) is 14.5 Å². The van der Waals surface area contributed by atoms with Gasteiger partial charge in [0.1, 0.15) is 12.1 Å². The highest BCUT2D eigenvalue weighted by Crippen LogP contribution is 2.37. The van der Waals surface area contributed by atoms with Crippen LogP contribution < -0.4 is 5.32 Å². The lowest BCUT2D eigenvalue weighted by Crippen LogP contribution is -2.28. The van der Waals surface area contributed by atoms with E-state index < -0.39 is 11.7 Å². The largest absolute Gasteiger partial charge is 0.416 e. The number of hydrogen-bond donors (Lipinski definition) is 1. The van der Waals surface area contributed by atoms with Crippen molar-refractivity contribution in [1.29, 1.82) is 0 Å². The summed E-state index contributed by atoms with van der Waals surface area (Å²) >= 11 is 0. The first kappa shape index (κ1) is 28.2. The summed E-state index contributed by atoms with van der Waals surface area (Å²) in [5.41, 5.74) is 3.49. The number of halogens is 3. The summed E-state index contributed by atoms with van der Waals surface area (Å²) in [6.45, 7) is 11.4. The molecule has 1 N–H and O–H groups in total. The molecule has 0 atom stereocenters. The Morgan fingerprint density at radius 1 is 0.946 bits per heavy atom. The van der Waals surface area contributed by atoms with E-state index in [9.17, 15) is 13.2 Å². The first-order valence-electron chi connectivity index (χ1n) is 12.8. The maximum absolute atomic E-state index is 13.1. The number of anilines is 1. The van der Waals surface area contributed by atoms with E-state index in [1.165, 1.54) is 18.5 Å². The molecule has 0 amide bonds. The Hall–Kier alpha value is -3.39. The lowest BCUT2D eigenvalue weighted by molar-refractivity contribution is -0.137. The molecule has 37 heavy (non-hydrogen) atoms. The maximum Gasteiger partial charge on any atom is 0.416 e. The minimum atomic E-state index is -4.38. The van der Waals surface area contributed by atoms with Gasteiger partial charge in [-0.3, -0.25) is 0 Å². The van der Waals surface area contributed by atoms with E-state index >= 15 is 0 Å². The van der Waals surface area contributed by atoms with Gasteiger partial charge in [0.05, 0.1) is 10.9 Å². The van der Waals surface area contributed by atoms with Crippen molar-refractivity contribution in [3.8, 4) is 16.8 Å². The van der Waals surface area contributed by atoms with Crippen LogP contribution in [0.1, 0.15) is 51.7 Å². The first-order valence-corrected chi connectivity index (χ1v) is 12.8. The van der Waals surface area contributed by atoms with E-state index in [1.54, 1.807) is 0 Å². The van der Waals surface area contributed by atoms with Gasteiger partial charge in [0.2, 0.25) is 0 Å². The molecular formula is C29H35F3N4O. The molecule has 0 radical (unpaired) electrons. The molecule has 1 fully saturated rings. The number of benzene rings is 2. The molecule has 198 valence electrons. The third-order valence-electron chi connectivity index (χ3n) is 5.95. The molecule has 3 heterocycles. The summed E-state index contributed by atoms with van der Waals surface area (Å²) in [6.07, 6.45) is 0.783. The zero-order valence-electron chi connectivity index (χ0n) is 22.1. The molecule has 0 aliphatic carbocycles. The minimum absolute atomic E-state index is 0.208. The van der Waals surface area contributed by atoms with E-state index in [-0.39, 0.29) is 6.04 Å². The molecule has 5 rings (SSSR count). The van der Waals surface area contributed by atoms with Crippen molar-refractivity contribution in [2.45, 2.75) is 59.7 Å². The van der Waals surface area contributed by atoms with Crippen LogP contribution >= 0.6 is 0 Å². The number of aromatic nitrogens is 3. The fourth-order valence-corrected chi connectivity index (χ4v) is 4.24. The van der Waals surface area contributed by atoms with Crippen LogP contribution in [0.4, 0.5) is 19.0 Å². The Balaban J connectivity index is 0.000000907. The monoisotopic (exact) mass is 512 g/mol. The van der Waals surface area contributed by atoms with Crippen LogP contribution in [0.2, 0.25) is 0 Å². The molecule has 0 saturated carbocycles. The van der Waals surface area contributed by atoms with Gasteiger partial charge in [-0.25, -0.2) is 9.97 Å². The van der Waals surface area contributed by atoms with Crippen LogP contribution in [-0.4, -0.2) is 33.8 Å². The van der Waals surface area contributed by atoms with Crippen molar-refractivity contribution in [3.63, 3.8) is 0 Å². The minimum Gasteiger partial charge on any atom is -0.381 e. The van der Waals surface area contributed by atoms with E-state index in [0.717, 1.165) is 47.2 Å². The van der Waals surface area contributed by atoms with E-state index in [2.05, 4.69) is 15.3 Å². The van der Waals surface area contributed by atoms with E-state index in [1.807, 2.05) is 69.6 Å². The SMILES string of the molecule is CC.CC.Cc1cccc(-n2cc(-c3ccc(C(F)(F)F)cc3)c3c(NC4CCOCC4)ncnc32)c1. The second-order valence-corrected chi connectivity index (χ2v) is 8.28. The fraction of sp³-hybridized carbons (Fsp3) is 0.379. The van der Waals surface area contributed by atoms with Crippen LogP contribution in [0.15, 0.2) is 61.1 Å². The lowest BCUT2D eigenvalue weighted by atomic mass is 10.0. The highest BCUT2D eigenvalue weighted by molar-refractivity contribution is 6.02. The molecule has 8 heteroatoms. The average Bonchev–Trinajstić information content (AvgIpc) is 3.32. The standard InChI is InChI=1S/C25H23F3N4O.2C2H6/c1-16-3-2-4-20(13-16)32-14-21(17-5-7-18(8-6-17)25(26,27)28)22-23(29-15-30-24(22)32)31-19-9-11-33-12-10-19;2*1-2/h2-8,13-15,19H,9-12H2,1H3,(H,29,30,31);2*1-2H3. The molecule has 5 nitrogen and oxygen atoms in total. The van der Waals surface area contributed by atoms with Gasteiger partial charge in [0.15, 0.2) is 5.65 Å². The summed E-state index contributed by atoms with van der Waals surface area (Å²) in [5, 5.41) is 4.30. The van der Waals surface area contributed by atoms with Gasteiger partial charge in [-0.15, -0.1) is 0 Å². The predicted molar refractivity (Wildman–Crippen MR) is 144 cm³/mol. The van der Waals surface area contributed by atoms with Crippen molar-refractivity contribution < 1.29 is 17.9 Å². The Kier molecular flexibility index (Phi) is 9.69. The molecule has 0 spiro atoms. The van der Waals surface area contributed by atoms with E-state index in [4.69, 9.17) is 4.74 Å². The molecule has 4 aromatic rings. The highest BCUT2D eigenvalue weighted by Gasteiger charge is 2.30. The zero-order chi connectivity index (χ0) is 27.0. The van der Waals surface area contributed by atoms with Gasteiger partial charge in [0.25, 0.3) is 0 Å². The van der Waals surface area contributed by atoms with Gasteiger partial charge in [-0.2, -0.15) is 13.2 Å². The number of alkyl halides is 3. The number of ether oxygens (including phenoxy) is 1. The highest BCUT2D eigenvalue weighted by atomic mass is 19.4. The van der Waals surface area contributed by atoms with Gasteiger partial charge in [-0.05, 0) is 55.2 Å². The van der Waals surface area contributed by atoms with Crippen LogP contribution in [0.3, 0.4) is 0 Å². The van der Waals surface area contributed by atoms with Crippen LogP contribution in [0.5, 0.6) is 0 Å². The van der Waals surface area contributed by atoms with Gasteiger partial charge < -0.3 is 14.6 Å². The third-order valence-corrected chi connectivity index (χ3v) is 5.95. The van der Waals surface area contributed by atoms with Crippen molar-refractivity contribution in [3.05, 3.63) is 72.2 Å². The normalized spacial score (nSPS) is 13.8. The third kappa shape index (κ3) is 6.49. The molecule has 0 unspecified atom stereocenters. The number of nitrogens with zero attached hydrogens (tertiary/aromatic N) is 3. The number of hydrogen-bond acceptors (Lipinski definition) is 4. The van der Waals surface area contributed by atoms with Crippen molar-refractivity contribution in [2.24, 2.45) is 0 Å². The fourth-order valence-electron chi connectivity index (χ4n) is 4.24. The van der Waals surface area contributed by atoms with E-state index in [0.29, 0.717) is 30.2 Å². The second kappa shape index (κ2) is 12.7. The smallest absolute Gasteiger partial charge is 0.381 e. The van der Waals surface area contributed by atoms with Gasteiger partial charge >= 0.3 is 6.18 Å². The van der Waals surface area contributed by atoms with Gasteiger partial charge in [0, 0.05) is 36.7 Å². The number of rotatable bonds is 4. The topological polar surface area (TPSA) is 52.0 Å².